The highest BCUT2D eigenvalue weighted by Crippen LogP contribution is 2.23. The van der Waals surface area contributed by atoms with E-state index in [9.17, 15) is 9.59 Å². The highest BCUT2D eigenvalue weighted by molar-refractivity contribution is 6.01. The van der Waals surface area contributed by atoms with Crippen LogP contribution in [0.25, 0.3) is 0 Å². The van der Waals surface area contributed by atoms with Gasteiger partial charge in [-0.1, -0.05) is 0 Å². The number of nitrogens with two attached hydrogens (primary N) is 1. The minimum absolute atomic E-state index is 0.145. The average molecular weight is 242 g/mol. The van der Waals surface area contributed by atoms with Gasteiger partial charge in [-0.05, 0) is 40.0 Å². The van der Waals surface area contributed by atoms with Crippen molar-refractivity contribution >= 4 is 11.9 Å². The van der Waals surface area contributed by atoms with Crippen molar-refractivity contribution in [1.29, 1.82) is 0 Å². The van der Waals surface area contributed by atoms with E-state index in [0.717, 1.165) is 19.3 Å². The first kappa shape index (κ1) is 14.0. The Labute approximate surface area is 102 Å². The lowest BCUT2D eigenvalue weighted by Gasteiger charge is -2.39. The number of carbonyl (C=O) groups excluding carboxylic acids is 2. The molecule has 1 rings (SSSR count). The van der Waals surface area contributed by atoms with E-state index in [1.807, 2.05) is 13.8 Å². The van der Waals surface area contributed by atoms with Crippen LogP contribution in [-0.4, -0.2) is 41.5 Å². The van der Waals surface area contributed by atoms with Gasteiger partial charge in [-0.3, -0.25) is 4.79 Å². The Morgan fingerprint density at radius 2 is 1.88 bits per heavy atom. The van der Waals surface area contributed by atoms with Gasteiger partial charge in [-0.15, -0.1) is 0 Å². The quantitative estimate of drug-likeness (QED) is 0.583. The molecule has 3 unspecified atom stereocenters. The molecule has 98 valence electrons. The number of rotatable bonds is 3. The maximum Gasteiger partial charge on any atom is 0.332 e. The Bertz CT molecular complexity index is 283. The first-order chi connectivity index (χ1) is 7.99. The second kappa shape index (κ2) is 6.00. The van der Waals surface area contributed by atoms with Crippen LogP contribution in [0.15, 0.2) is 0 Å². The number of piperidine rings is 1. The van der Waals surface area contributed by atoms with Gasteiger partial charge in [0.2, 0.25) is 0 Å². The molecule has 1 aliphatic heterocycles. The number of nitrogens with zero attached hydrogens (tertiary/aromatic N) is 1. The lowest BCUT2D eigenvalue weighted by Crippen LogP contribution is -2.56. The van der Waals surface area contributed by atoms with Crippen molar-refractivity contribution in [3.05, 3.63) is 0 Å². The number of carbonyl (C=O) groups is 2. The molecule has 1 amide bonds. The third-order valence-corrected chi connectivity index (χ3v) is 3.25. The molecule has 0 spiro atoms. The molecule has 0 aromatic heterocycles. The van der Waals surface area contributed by atoms with Crippen LogP contribution in [0.5, 0.6) is 0 Å². The van der Waals surface area contributed by atoms with Gasteiger partial charge in [0.15, 0.2) is 6.04 Å². The molecule has 2 N–H and O–H groups in total. The van der Waals surface area contributed by atoms with Crippen LogP contribution >= 0.6 is 0 Å². The number of amides is 1. The summed E-state index contributed by atoms with van der Waals surface area (Å²) in [5.41, 5.74) is 5.64. The van der Waals surface area contributed by atoms with Crippen LogP contribution in [0, 0.1) is 0 Å². The molecule has 0 aromatic carbocycles. The van der Waals surface area contributed by atoms with E-state index in [2.05, 4.69) is 0 Å². The molecule has 1 fully saturated rings. The minimum atomic E-state index is -1.18. The van der Waals surface area contributed by atoms with Gasteiger partial charge in [-0.2, -0.15) is 0 Å². The summed E-state index contributed by atoms with van der Waals surface area (Å²) in [5.74, 6) is -0.953. The smallest absolute Gasteiger partial charge is 0.332 e. The van der Waals surface area contributed by atoms with E-state index in [0.29, 0.717) is 0 Å². The molecule has 0 bridgehead atoms. The lowest BCUT2D eigenvalue weighted by molar-refractivity contribution is -0.153. The standard InChI is InChI=1S/C12H22N2O3/c1-4-17-12(16)10(13)11(15)14-8(2)6-5-7-9(14)3/h8-10H,4-7,13H2,1-3H3. The fraction of sp³-hybridized carbons (Fsp3) is 0.833. The Morgan fingerprint density at radius 1 is 1.35 bits per heavy atom. The maximum absolute atomic E-state index is 12.1. The number of hydrogen-bond acceptors (Lipinski definition) is 4. The molecule has 0 radical (unpaired) electrons. The molecule has 3 atom stereocenters. The summed E-state index contributed by atoms with van der Waals surface area (Å²) in [5, 5.41) is 0. The predicted octanol–water partition coefficient (Wildman–Crippen LogP) is 0.666. The predicted molar refractivity (Wildman–Crippen MR) is 64.2 cm³/mol. The number of hydrogen-bond donors (Lipinski definition) is 1. The summed E-state index contributed by atoms with van der Waals surface area (Å²) >= 11 is 0. The third kappa shape index (κ3) is 3.19. The fourth-order valence-electron chi connectivity index (χ4n) is 2.35. The molecule has 5 heteroatoms. The summed E-state index contributed by atoms with van der Waals surface area (Å²) < 4.78 is 4.77. The van der Waals surface area contributed by atoms with Crippen molar-refractivity contribution in [2.75, 3.05) is 6.61 Å². The zero-order valence-electron chi connectivity index (χ0n) is 10.8. The van der Waals surface area contributed by atoms with Crippen LogP contribution in [0.1, 0.15) is 40.0 Å². The van der Waals surface area contributed by atoms with Crippen LogP contribution in [-0.2, 0) is 14.3 Å². The number of ether oxygens (including phenoxy) is 1. The molecule has 0 saturated carbocycles. The summed E-state index contributed by atoms with van der Waals surface area (Å²) in [4.78, 5) is 25.3. The van der Waals surface area contributed by atoms with Crippen LogP contribution < -0.4 is 5.73 Å². The monoisotopic (exact) mass is 242 g/mol. The molecule has 5 nitrogen and oxygen atoms in total. The summed E-state index contributed by atoms with van der Waals surface area (Å²) in [6.45, 7) is 5.92. The van der Waals surface area contributed by atoms with E-state index >= 15 is 0 Å². The Morgan fingerprint density at radius 3 is 2.35 bits per heavy atom. The summed E-state index contributed by atoms with van der Waals surface area (Å²) in [6, 6.07) is -0.892. The highest BCUT2D eigenvalue weighted by Gasteiger charge is 2.35. The fourth-order valence-corrected chi connectivity index (χ4v) is 2.35. The van der Waals surface area contributed by atoms with Gasteiger partial charge in [0.25, 0.3) is 5.91 Å². The second-order valence-corrected chi connectivity index (χ2v) is 4.60. The SMILES string of the molecule is CCOC(=O)C(N)C(=O)N1C(C)CCCC1C. The van der Waals surface area contributed by atoms with Crippen molar-refractivity contribution in [2.24, 2.45) is 5.73 Å². The first-order valence-electron chi connectivity index (χ1n) is 6.23. The molecule has 1 aliphatic rings. The molecular weight excluding hydrogens is 220 g/mol. The number of esters is 1. The van der Waals surface area contributed by atoms with E-state index in [-0.39, 0.29) is 24.6 Å². The van der Waals surface area contributed by atoms with Gasteiger partial charge >= 0.3 is 5.97 Å². The number of likely N-dealkylation sites (tertiary alicyclic amines) is 1. The van der Waals surface area contributed by atoms with Crippen molar-refractivity contribution in [3.63, 3.8) is 0 Å². The second-order valence-electron chi connectivity index (χ2n) is 4.60. The zero-order chi connectivity index (χ0) is 13.0. The summed E-state index contributed by atoms with van der Waals surface area (Å²) in [6.07, 6.45) is 3.04. The van der Waals surface area contributed by atoms with Gasteiger partial charge in [-0.25, -0.2) is 4.79 Å². The molecule has 1 heterocycles. The van der Waals surface area contributed by atoms with Crippen LogP contribution in [0.4, 0.5) is 0 Å². The van der Waals surface area contributed by atoms with Crippen molar-refractivity contribution in [3.8, 4) is 0 Å². The van der Waals surface area contributed by atoms with Crippen LogP contribution in [0.2, 0.25) is 0 Å². The van der Waals surface area contributed by atoms with Gasteiger partial charge < -0.3 is 15.4 Å². The van der Waals surface area contributed by atoms with Crippen molar-refractivity contribution in [2.45, 2.75) is 58.2 Å². The zero-order valence-corrected chi connectivity index (χ0v) is 10.8. The van der Waals surface area contributed by atoms with Gasteiger partial charge in [0.05, 0.1) is 6.61 Å². The molecule has 0 aromatic rings. The first-order valence-corrected chi connectivity index (χ1v) is 6.23. The third-order valence-electron chi connectivity index (χ3n) is 3.25. The van der Waals surface area contributed by atoms with E-state index in [4.69, 9.17) is 10.5 Å². The topological polar surface area (TPSA) is 72.6 Å². The molecule has 0 aliphatic carbocycles. The van der Waals surface area contributed by atoms with Crippen molar-refractivity contribution < 1.29 is 14.3 Å². The lowest BCUT2D eigenvalue weighted by atomic mass is 9.96. The minimum Gasteiger partial charge on any atom is -0.464 e. The van der Waals surface area contributed by atoms with E-state index < -0.39 is 12.0 Å². The highest BCUT2D eigenvalue weighted by atomic mass is 16.5. The van der Waals surface area contributed by atoms with Crippen molar-refractivity contribution in [1.82, 2.24) is 4.90 Å². The van der Waals surface area contributed by atoms with Crippen LogP contribution in [0.3, 0.4) is 0 Å². The Hall–Kier alpha value is -1.10. The average Bonchev–Trinajstić information content (AvgIpc) is 2.27. The maximum atomic E-state index is 12.1. The van der Waals surface area contributed by atoms with E-state index in [1.54, 1.807) is 11.8 Å². The van der Waals surface area contributed by atoms with Gasteiger partial charge in [0, 0.05) is 12.1 Å². The molecule has 17 heavy (non-hydrogen) atoms. The Balaban J connectivity index is 2.70. The molecule has 1 saturated heterocycles. The summed E-state index contributed by atoms with van der Waals surface area (Å²) in [7, 11) is 0. The normalized spacial score (nSPS) is 26.5. The largest absolute Gasteiger partial charge is 0.464 e. The molecular formula is C12H22N2O3. The Kier molecular flexibility index (Phi) is 4.93. The van der Waals surface area contributed by atoms with Gasteiger partial charge in [0.1, 0.15) is 0 Å². The van der Waals surface area contributed by atoms with E-state index in [1.165, 1.54) is 0 Å².